The van der Waals surface area contributed by atoms with E-state index in [1.807, 2.05) is 6.92 Å². The molecule has 0 aromatic rings. The third-order valence-corrected chi connectivity index (χ3v) is 11.5. The van der Waals surface area contributed by atoms with Gasteiger partial charge in [0.2, 0.25) is 5.78 Å². The summed E-state index contributed by atoms with van der Waals surface area (Å²) in [4.78, 5) is 12.6. The molecule has 3 nitrogen and oxygen atoms in total. The van der Waals surface area contributed by atoms with Gasteiger partial charge in [0, 0.05) is 11.0 Å². The Balaban J connectivity index is 1.64. The maximum atomic E-state index is 12.6. The summed E-state index contributed by atoms with van der Waals surface area (Å²) in [7, 11) is 0. The van der Waals surface area contributed by atoms with E-state index >= 15 is 0 Å². The van der Waals surface area contributed by atoms with Gasteiger partial charge < -0.3 is 10.8 Å². The molecular formula is C29H41NO2. The van der Waals surface area contributed by atoms with Gasteiger partial charge in [-0.2, -0.15) is 0 Å². The topological polar surface area (TPSA) is 63.3 Å². The summed E-state index contributed by atoms with van der Waals surface area (Å²) in [5, 5.41) is 10.3. The molecule has 5 aliphatic rings. The Bertz CT molecular complexity index is 1030. The van der Waals surface area contributed by atoms with Crippen LogP contribution < -0.4 is 5.73 Å². The number of aliphatic hydroxyl groups is 1. The Morgan fingerprint density at radius 1 is 1.00 bits per heavy atom. The molecule has 0 aromatic carbocycles. The lowest BCUT2D eigenvalue weighted by atomic mass is 9.34. The van der Waals surface area contributed by atoms with Crippen LogP contribution in [0.2, 0.25) is 0 Å². The van der Waals surface area contributed by atoms with E-state index in [-0.39, 0.29) is 33.2 Å². The second-order valence-corrected chi connectivity index (χ2v) is 13.1. The van der Waals surface area contributed by atoms with Crippen molar-refractivity contribution in [1.29, 1.82) is 0 Å². The first-order valence-electron chi connectivity index (χ1n) is 12.6. The molecular weight excluding hydrogens is 394 g/mol. The van der Waals surface area contributed by atoms with Crippen molar-refractivity contribution >= 4 is 5.78 Å². The number of carbonyl (C=O) groups is 1. The largest absolute Gasteiger partial charge is 0.504 e. The molecule has 0 aromatic heterocycles. The van der Waals surface area contributed by atoms with Gasteiger partial charge in [-0.05, 0) is 103 Å². The fourth-order valence-electron chi connectivity index (χ4n) is 8.71. The first-order chi connectivity index (χ1) is 14.8. The van der Waals surface area contributed by atoms with Gasteiger partial charge in [-0.3, -0.25) is 4.79 Å². The van der Waals surface area contributed by atoms with Crippen molar-refractivity contribution in [3.8, 4) is 0 Å². The molecule has 3 heteroatoms. The predicted molar refractivity (Wildman–Crippen MR) is 130 cm³/mol. The summed E-state index contributed by atoms with van der Waals surface area (Å²) >= 11 is 0. The number of allylic oxidation sites excluding steroid dienone is 7. The lowest BCUT2D eigenvalue weighted by Crippen LogP contribution is -2.62. The van der Waals surface area contributed by atoms with Crippen LogP contribution in [0.3, 0.4) is 0 Å². The highest BCUT2D eigenvalue weighted by molar-refractivity contribution is 6.06. The lowest BCUT2D eigenvalue weighted by molar-refractivity contribution is -0.160. The molecule has 32 heavy (non-hydrogen) atoms. The van der Waals surface area contributed by atoms with Crippen LogP contribution >= 0.6 is 0 Å². The van der Waals surface area contributed by atoms with Crippen LogP contribution in [0.5, 0.6) is 0 Å². The molecule has 0 saturated heterocycles. The molecule has 6 atom stereocenters. The number of fused-ring (bicyclic) bond motifs is 7. The SMILES string of the molecule is CC1=C(O)C(=O)C=C2C1=CC=C1C2(C)CC[C@@]2(C)C3C[C@](C)(CN)CCC3(C)CCC12C. The fraction of sp³-hybridized carbons (Fsp3) is 0.690. The number of carbonyl (C=O) groups excluding carboxylic acids is 1. The van der Waals surface area contributed by atoms with Gasteiger partial charge in [0.1, 0.15) is 0 Å². The lowest BCUT2D eigenvalue weighted by Gasteiger charge is -2.70. The average molecular weight is 436 g/mol. The van der Waals surface area contributed by atoms with E-state index in [0.29, 0.717) is 11.3 Å². The van der Waals surface area contributed by atoms with Crippen LogP contribution in [0.1, 0.15) is 86.5 Å². The minimum atomic E-state index is -0.238. The van der Waals surface area contributed by atoms with Crippen molar-refractivity contribution in [1.82, 2.24) is 0 Å². The number of hydrogen-bond donors (Lipinski definition) is 2. The Labute approximate surface area is 193 Å². The monoisotopic (exact) mass is 435 g/mol. The van der Waals surface area contributed by atoms with Crippen LogP contribution in [-0.4, -0.2) is 17.4 Å². The van der Waals surface area contributed by atoms with E-state index in [4.69, 9.17) is 5.73 Å². The predicted octanol–water partition coefficient (Wildman–Crippen LogP) is 6.57. The minimum Gasteiger partial charge on any atom is -0.504 e. The van der Waals surface area contributed by atoms with E-state index in [0.717, 1.165) is 29.7 Å². The summed E-state index contributed by atoms with van der Waals surface area (Å²) < 4.78 is 0. The first-order valence-corrected chi connectivity index (χ1v) is 12.6. The number of nitrogens with two attached hydrogens (primary N) is 1. The summed E-state index contributed by atoms with van der Waals surface area (Å²) in [6.07, 6.45) is 14.8. The molecule has 0 radical (unpaired) electrons. The second kappa shape index (κ2) is 6.50. The van der Waals surface area contributed by atoms with Gasteiger partial charge in [0.05, 0.1) is 0 Å². The summed E-state index contributed by atoms with van der Waals surface area (Å²) in [6.45, 7) is 15.1. The van der Waals surface area contributed by atoms with Crippen molar-refractivity contribution in [3.05, 3.63) is 46.3 Å². The molecule has 3 fully saturated rings. The highest BCUT2D eigenvalue weighted by atomic mass is 16.3. The van der Waals surface area contributed by atoms with Crippen LogP contribution in [0.15, 0.2) is 46.3 Å². The third kappa shape index (κ3) is 2.55. The molecule has 0 bridgehead atoms. The quantitative estimate of drug-likeness (QED) is 0.489. The zero-order valence-corrected chi connectivity index (χ0v) is 20.9. The zero-order valence-electron chi connectivity index (χ0n) is 20.9. The molecule has 3 saturated carbocycles. The van der Waals surface area contributed by atoms with Gasteiger partial charge in [0.25, 0.3) is 0 Å². The van der Waals surface area contributed by atoms with Gasteiger partial charge in [0.15, 0.2) is 5.76 Å². The Hall–Kier alpha value is -1.61. The zero-order chi connectivity index (χ0) is 23.3. The van der Waals surface area contributed by atoms with Crippen molar-refractivity contribution in [2.45, 2.75) is 86.5 Å². The summed E-state index contributed by atoms with van der Waals surface area (Å²) in [6, 6.07) is 0. The number of rotatable bonds is 1. The van der Waals surface area contributed by atoms with E-state index in [1.165, 1.54) is 44.1 Å². The molecule has 0 aliphatic heterocycles. The molecule has 3 N–H and O–H groups in total. The molecule has 0 heterocycles. The first kappa shape index (κ1) is 22.2. The number of aliphatic hydroxyl groups excluding tert-OH is 1. The minimum absolute atomic E-state index is 0.0935. The van der Waals surface area contributed by atoms with Crippen molar-refractivity contribution in [2.24, 2.45) is 38.7 Å². The van der Waals surface area contributed by atoms with E-state index in [9.17, 15) is 9.90 Å². The van der Waals surface area contributed by atoms with Crippen LogP contribution in [-0.2, 0) is 4.79 Å². The van der Waals surface area contributed by atoms with E-state index < -0.39 is 0 Å². The molecule has 4 unspecified atom stereocenters. The van der Waals surface area contributed by atoms with Crippen LogP contribution in [0.4, 0.5) is 0 Å². The van der Waals surface area contributed by atoms with Crippen LogP contribution in [0.25, 0.3) is 0 Å². The normalized spacial score (nSPS) is 48.0. The van der Waals surface area contributed by atoms with E-state index in [2.05, 4.69) is 46.8 Å². The highest BCUT2D eigenvalue weighted by Crippen LogP contribution is 2.75. The van der Waals surface area contributed by atoms with Crippen molar-refractivity contribution in [3.63, 3.8) is 0 Å². The van der Waals surface area contributed by atoms with Gasteiger partial charge >= 0.3 is 0 Å². The highest BCUT2D eigenvalue weighted by Gasteiger charge is 2.66. The van der Waals surface area contributed by atoms with Gasteiger partial charge in [-0.25, -0.2) is 0 Å². The molecule has 174 valence electrons. The number of hydrogen-bond acceptors (Lipinski definition) is 3. The smallest absolute Gasteiger partial charge is 0.220 e. The second-order valence-electron chi connectivity index (χ2n) is 13.1. The van der Waals surface area contributed by atoms with Gasteiger partial charge in [-0.15, -0.1) is 0 Å². The fourth-order valence-corrected chi connectivity index (χ4v) is 8.71. The Kier molecular flexibility index (Phi) is 4.51. The molecule has 5 rings (SSSR count). The number of ketones is 1. The maximum Gasteiger partial charge on any atom is 0.220 e. The van der Waals surface area contributed by atoms with Crippen molar-refractivity contribution < 1.29 is 9.90 Å². The maximum absolute atomic E-state index is 12.6. The molecule has 5 aliphatic carbocycles. The van der Waals surface area contributed by atoms with Gasteiger partial charge in [-0.1, -0.05) is 52.3 Å². The van der Waals surface area contributed by atoms with E-state index in [1.54, 1.807) is 6.08 Å². The average Bonchev–Trinajstić information content (AvgIpc) is 2.76. The van der Waals surface area contributed by atoms with Crippen molar-refractivity contribution in [2.75, 3.05) is 6.54 Å². The molecule has 0 spiro atoms. The summed E-state index contributed by atoms with van der Waals surface area (Å²) in [5.41, 5.74) is 11.5. The standard InChI is InChI=1S/C29H41NO2/c1-18-19-7-8-22-27(4,20(19)15-21(31)24(18)32)12-14-29(6)23-16-25(2,17-30)9-10-26(23,3)11-13-28(22,29)5/h7-8,15,23,32H,9-14,16-17,30H2,1-6H3/t23?,25-,26?,27?,28?,29+/m1/s1. The Morgan fingerprint density at radius 3 is 2.38 bits per heavy atom. The summed E-state index contributed by atoms with van der Waals surface area (Å²) in [5.74, 6) is 0.335. The molecule has 0 amide bonds. The Morgan fingerprint density at radius 2 is 1.69 bits per heavy atom. The van der Waals surface area contributed by atoms with Crippen LogP contribution in [0, 0.1) is 33.0 Å². The third-order valence-electron chi connectivity index (χ3n) is 11.5.